The van der Waals surface area contributed by atoms with E-state index < -0.39 is 0 Å². The molecule has 0 spiro atoms. The van der Waals surface area contributed by atoms with Crippen molar-refractivity contribution in [3.8, 4) is 0 Å². The normalized spacial score (nSPS) is 25.4. The van der Waals surface area contributed by atoms with Crippen molar-refractivity contribution in [1.82, 2.24) is 5.32 Å². The lowest BCUT2D eigenvalue weighted by Gasteiger charge is -2.23. The molecule has 2 saturated carbocycles. The second-order valence-corrected chi connectivity index (χ2v) is 6.64. The highest BCUT2D eigenvalue weighted by Gasteiger charge is 2.33. The van der Waals surface area contributed by atoms with E-state index in [4.69, 9.17) is 0 Å². The number of anilines is 1. The van der Waals surface area contributed by atoms with Crippen molar-refractivity contribution in [2.45, 2.75) is 45.7 Å². The first kappa shape index (κ1) is 13.0. The molecule has 2 aliphatic rings. The van der Waals surface area contributed by atoms with E-state index in [-0.39, 0.29) is 0 Å². The van der Waals surface area contributed by atoms with Gasteiger partial charge in [0.2, 0.25) is 0 Å². The maximum atomic E-state index is 3.65. The van der Waals surface area contributed by atoms with Gasteiger partial charge < -0.3 is 10.2 Å². The summed E-state index contributed by atoms with van der Waals surface area (Å²) in [6.07, 6.45) is 4.12. The summed E-state index contributed by atoms with van der Waals surface area (Å²) in [6.45, 7) is 6.78. The third-order valence-electron chi connectivity index (χ3n) is 4.59. The van der Waals surface area contributed by atoms with E-state index in [1.807, 2.05) is 0 Å². The van der Waals surface area contributed by atoms with E-state index in [0.717, 1.165) is 24.4 Å². The number of nitrogens with one attached hydrogen (secondary N) is 1. The van der Waals surface area contributed by atoms with E-state index >= 15 is 0 Å². The highest BCUT2D eigenvalue weighted by Crippen LogP contribution is 2.39. The second-order valence-electron chi connectivity index (χ2n) is 6.64. The molecule has 0 heterocycles. The van der Waals surface area contributed by atoms with Gasteiger partial charge in [-0.3, -0.25) is 0 Å². The Balaban J connectivity index is 1.69. The smallest absolute Gasteiger partial charge is 0.0409 e. The Bertz CT molecular complexity index is 451. The van der Waals surface area contributed by atoms with Crippen LogP contribution in [0.4, 0.5) is 5.69 Å². The summed E-state index contributed by atoms with van der Waals surface area (Å²) in [6, 6.07) is 7.66. The fraction of sp³-hybridized carbons (Fsp3) is 0.647. The average molecular weight is 258 g/mol. The molecule has 2 unspecified atom stereocenters. The van der Waals surface area contributed by atoms with Crippen molar-refractivity contribution >= 4 is 5.69 Å². The van der Waals surface area contributed by atoms with E-state index in [1.165, 1.54) is 42.6 Å². The minimum absolute atomic E-state index is 0.780. The van der Waals surface area contributed by atoms with Gasteiger partial charge in [0.1, 0.15) is 0 Å². The maximum absolute atomic E-state index is 3.65. The van der Waals surface area contributed by atoms with Gasteiger partial charge in [-0.05, 0) is 49.7 Å². The predicted octanol–water partition coefficient (Wildman–Crippen LogP) is 3.34. The maximum Gasteiger partial charge on any atom is 0.0409 e. The van der Waals surface area contributed by atoms with E-state index in [1.54, 1.807) is 0 Å². The lowest BCUT2D eigenvalue weighted by molar-refractivity contribution is 0.679. The van der Waals surface area contributed by atoms with Crippen LogP contribution in [0.3, 0.4) is 0 Å². The van der Waals surface area contributed by atoms with Crippen LogP contribution in [0.25, 0.3) is 0 Å². The average Bonchev–Trinajstić information content (AvgIpc) is 3.27. The van der Waals surface area contributed by atoms with Gasteiger partial charge in [0.25, 0.3) is 0 Å². The number of benzene rings is 1. The van der Waals surface area contributed by atoms with Crippen molar-refractivity contribution in [2.75, 3.05) is 18.5 Å². The molecule has 2 aliphatic carbocycles. The zero-order valence-corrected chi connectivity index (χ0v) is 12.4. The Labute approximate surface area is 117 Å². The topological polar surface area (TPSA) is 15.3 Å². The second kappa shape index (κ2) is 5.16. The summed E-state index contributed by atoms with van der Waals surface area (Å²) >= 11 is 0. The molecule has 2 fully saturated rings. The summed E-state index contributed by atoms with van der Waals surface area (Å²) in [5, 5.41) is 3.65. The summed E-state index contributed by atoms with van der Waals surface area (Å²) < 4.78 is 0. The van der Waals surface area contributed by atoms with Gasteiger partial charge in [-0.2, -0.15) is 0 Å². The highest BCUT2D eigenvalue weighted by atomic mass is 15.1. The minimum atomic E-state index is 0.780. The van der Waals surface area contributed by atoms with Gasteiger partial charge in [-0.15, -0.1) is 0 Å². The highest BCUT2D eigenvalue weighted by molar-refractivity contribution is 5.54. The molecule has 1 aromatic rings. The van der Waals surface area contributed by atoms with Crippen LogP contribution in [0, 0.1) is 18.8 Å². The standard InChI is InChI=1S/C17H26N2/c1-12-4-7-17(19(3)11-15-9-13(15)2)14(8-12)10-18-16-5-6-16/h4,7-8,13,15-16,18H,5-6,9-11H2,1-3H3. The van der Waals surface area contributed by atoms with E-state index in [9.17, 15) is 0 Å². The van der Waals surface area contributed by atoms with Gasteiger partial charge in [-0.1, -0.05) is 24.6 Å². The van der Waals surface area contributed by atoms with Crippen LogP contribution in [0.15, 0.2) is 18.2 Å². The fourth-order valence-electron chi connectivity index (χ4n) is 2.87. The molecule has 0 amide bonds. The van der Waals surface area contributed by atoms with Gasteiger partial charge >= 0.3 is 0 Å². The monoisotopic (exact) mass is 258 g/mol. The van der Waals surface area contributed by atoms with Crippen molar-refractivity contribution in [3.05, 3.63) is 29.3 Å². The first-order chi connectivity index (χ1) is 9.13. The molecule has 0 radical (unpaired) electrons. The molecule has 3 rings (SSSR count). The Morgan fingerprint density at radius 2 is 2.05 bits per heavy atom. The lowest BCUT2D eigenvalue weighted by Crippen LogP contribution is -2.24. The first-order valence-electron chi connectivity index (χ1n) is 7.67. The fourth-order valence-corrected chi connectivity index (χ4v) is 2.87. The molecular weight excluding hydrogens is 232 g/mol. The van der Waals surface area contributed by atoms with Crippen LogP contribution in [0.1, 0.15) is 37.3 Å². The number of rotatable bonds is 6. The summed E-state index contributed by atoms with van der Waals surface area (Å²) in [4.78, 5) is 2.46. The lowest BCUT2D eigenvalue weighted by atomic mass is 10.1. The molecule has 1 aromatic carbocycles. The van der Waals surface area contributed by atoms with Crippen LogP contribution in [-0.4, -0.2) is 19.6 Å². The molecule has 0 bridgehead atoms. The van der Waals surface area contributed by atoms with Gasteiger partial charge in [0.15, 0.2) is 0 Å². The zero-order valence-electron chi connectivity index (χ0n) is 12.4. The molecule has 0 aromatic heterocycles. The van der Waals surface area contributed by atoms with Crippen molar-refractivity contribution < 1.29 is 0 Å². The van der Waals surface area contributed by atoms with Crippen LogP contribution in [0.2, 0.25) is 0 Å². The molecule has 1 N–H and O–H groups in total. The Kier molecular flexibility index (Phi) is 3.53. The molecule has 2 nitrogen and oxygen atoms in total. The number of aryl methyl sites for hydroxylation is 1. The molecular formula is C17H26N2. The molecule has 19 heavy (non-hydrogen) atoms. The van der Waals surface area contributed by atoms with Gasteiger partial charge in [0.05, 0.1) is 0 Å². The Morgan fingerprint density at radius 1 is 1.32 bits per heavy atom. The number of hydrogen-bond donors (Lipinski definition) is 1. The van der Waals surface area contributed by atoms with E-state index in [0.29, 0.717) is 0 Å². The van der Waals surface area contributed by atoms with Crippen molar-refractivity contribution in [1.29, 1.82) is 0 Å². The number of nitrogens with zero attached hydrogens (tertiary/aromatic N) is 1. The third-order valence-corrected chi connectivity index (χ3v) is 4.59. The Hall–Kier alpha value is -1.02. The predicted molar refractivity (Wildman–Crippen MR) is 81.6 cm³/mol. The minimum Gasteiger partial charge on any atom is -0.374 e. The van der Waals surface area contributed by atoms with Crippen LogP contribution < -0.4 is 10.2 Å². The Morgan fingerprint density at radius 3 is 2.68 bits per heavy atom. The molecule has 2 atom stereocenters. The SMILES string of the molecule is Cc1ccc(N(C)CC2CC2C)c(CNC2CC2)c1. The van der Waals surface area contributed by atoms with E-state index in [2.05, 4.69) is 49.3 Å². The summed E-state index contributed by atoms with van der Waals surface area (Å²) in [5.74, 6) is 1.84. The largest absolute Gasteiger partial charge is 0.374 e. The number of hydrogen-bond acceptors (Lipinski definition) is 2. The molecule has 0 saturated heterocycles. The third kappa shape index (κ3) is 3.30. The zero-order chi connectivity index (χ0) is 13.4. The van der Waals surface area contributed by atoms with Crippen LogP contribution in [-0.2, 0) is 6.54 Å². The quantitative estimate of drug-likeness (QED) is 0.842. The summed E-state index contributed by atoms with van der Waals surface area (Å²) in [7, 11) is 2.25. The molecule has 0 aliphatic heterocycles. The first-order valence-corrected chi connectivity index (χ1v) is 7.67. The summed E-state index contributed by atoms with van der Waals surface area (Å²) in [5.41, 5.74) is 4.24. The van der Waals surface area contributed by atoms with Gasteiger partial charge in [0, 0.05) is 31.9 Å². The van der Waals surface area contributed by atoms with Crippen LogP contribution >= 0.6 is 0 Å². The molecule has 2 heteroatoms. The van der Waals surface area contributed by atoms with Crippen molar-refractivity contribution in [2.24, 2.45) is 11.8 Å². The molecule has 104 valence electrons. The van der Waals surface area contributed by atoms with Crippen molar-refractivity contribution in [3.63, 3.8) is 0 Å². The van der Waals surface area contributed by atoms with Gasteiger partial charge in [-0.25, -0.2) is 0 Å². The van der Waals surface area contributed by atoms with Crippen LogP contribution in [0.5, 0.6) is 0 Å².